The number of fused-ring (bicyclic) bond motifs is 2. The number of pyridine rings is 1. The number of likely N-dealkylation sites (tertiary alicyclic amines) is 1. The zero-order valence-corrected chi connectivity index (χ0v) is 16.8. The lowest BCUT2D eigenvalue weighted by Gasteiger charge is -2.25. The molecule has 4 heterocycles. The number of nitrogens with zero attached hydrogens (tertiary/aromatic N) is 5. The van der Waals surface area contributed by atoms with Gasteiger partial charge in [-0.2, -0.15) is 5.10 Å². The van der Waals surface area contributed by atoms with Gasteiger partial charge in [0.2, 0.25) is 0 Å². The van der Waals surface area contributed by atoms with Crippen molar-refractivity contribution in [2.45, 2.75) is 18.7 Å². The Morgan fingerprint density at radius 1 is 1.17 bits per heavy atom. The fourth-order valence-corrected chi connectivity index (χ4v) is 4.27. The maximum absolute atomic E-state index is 14.0. The molecule has 8 heteroatoms. The van der Waals surface area contributed by atoms with Crippen LogP contribution in [0.4, 0.5) is 4.39 Å². The van der Waals surface area contributed by atoms with Crippen molar-refractivity contribution < 1.29 is 13.9 Å². The fraction of sp³-hybridized carbons (Fsp3) is 0.318. The lowest BCUT2D eigenvalue weighted by atomic mass is 10.1. The van der Waals surface area contributed by atoms with Gasteiger partial charge in [-0.15, -0.1) is 0 Å². The van der Waals surface area contributed by atoms with Gasteiger partial charge >= 0.3 is 0 Å². The van der Waals surface area contributed by atoms with Crippen LogP contribution < -0.4 is 4.74 Å². The van der Waals surface area contributed by atoms with Crippen LogP contribution in [0, 0.1) is 5.82 Å². The number of amides is 1. The Kier molecular flexibility index (Phi) is 4.51. The first-order valence-electron chi connectivity index (χ1n) is 9.87. The number of carbonyl (C=O) groups is 1. The second kappa shape index (κ2) is 7.21. The van der Waals surface area contributed by atoms with Gasteiger partial charge in [-0.3, -0.25) is 19.4 Å². The molecule has 2 aliphatic rings. The molecule has 2 aliphatic heterocycles. The van der Waals surface area contributed by atoms with Crippen LogP contribution in [0.25, 0.3) is 11.1 Å². The highest BCUT2D eigenvalue weighted by molar-refractivity contribution is 5.98. The Morgan fingerprint density at radius 2 is 2.03 bits per heavy atom. The van der Waals surface area contributed by atoms with E-state index in [1.165, 1.54) is 6.20 Å². The Labute approximate surface area is 173 Å². The van der Waals surface area contributed by atoms with Gasteiger partial charge in [-0.1, -0.05) is 6.07 Å². The Morgan fingerprint density at radius 3 is 2.80 bits per heavy atom. The molecule has 7 nitrogen and oxygen atoms in total. The molecule has 1 aromatic carbocycles. The molecular weight excluding hydrogens is 385 g/mol. The van der Waals surface area contributed by atoms with Crippen molar-refractivity contribution in [3.63, 3.8) is 0 Å². The van der Waals surface area contributed by atoms with E-state index in [0.717, 1.165) is 11.1 Å². The van der Waals surface area contributed by atoms with Crippen LogP contribution in [0.1, 0.15) is 15.9 Å². The summed E-state index contributed by atoms with van der Waals surface area (Å²) in [7, 11) is 3.68. The quantitative estimate of drug-likeness (QED) is 0.667. The smallest absolute Gasteiger partial charge is 0.257 e. The molecule has 5 rings (SSSR count). The number of rotatable bonds is 3. The van der Waals surface area contributed by atoms with Gasteiger partial charge in [0.05, 0.1) is 24.0 Å². The van der Waals surface area contributed by atoms with Gasteiger partial charge in [-0.05, 0) is 23.8 Å². The number of likely N-dealkylation sites (N-methyl/N-ethyl adjacent to an activating group) is 1. The molecule has 2 atom stereocenters. The highest BCUT2D eigenvalue weighted by Crippen LogP contribution is 2.34. The molecule has 1 fully saturated rings. The van der Waals surface area contributed by atoms with E-state index in [4.69, 9.17) is 4.74 Å². The van der Waals surface area contributed by atoms with Crippen LogP contribution in [0.5, 0.6) is 5.75 Å². The second-order valence-corrected chi connectivity index (χ2v) is 7.91. The standard InChI is InChI=1S/C22H22FN5O2/c1-26-10-16(8-25-26)14-3-4-17-20(7-14)30-21-13-28(12-19(21)27(2)22(17)29)11-15-5-6-24-9-18(15)23/h3-10,19,21H,11-13H2,1-2H3/t19-,21+/m1/s1. The first-order chi connectivity index (χ1) is 14.5. The van der Waals surface area contributed by atoms with E-state index in [1.807, 2.05) is 38.5 Å². The fourth-order valence-electron chi connectivity index (χ4n) is 4.27. The van der Waals surface area contributed by atoms with Crippen LogP contribution in [-0.4, -0.2) is 62.8 Å². The third-order valence-electron chi connectivity index (χ3n) is 5.91. The van der Waals surface area contributed by atoms with Gasteiger partial charge in [0, 0.05) is 57.3 Å². The minimum Gasteiger partial charge on any atom is -0.486 e. The molecule has 0 spiro atoms. The van der Waals surface area contributed by atoms with E-state index in [9.17, 15) is 9.18 Å². The van der Waals surface area contributed by atoms with Crippen LogP contribution in [0.2, 0.25) is 0 Å². The van der Waals surface area contributed by atoms with Gasteiger partial charge < -0.3 is 9.64 Å². The minimum atomic E-state index is -0.318. The number of hydrogen-bond acceptors (Lipinski definition) is 5. The second-order valence-electron chi connectivity index (χ2n) is 7.91. The number of ether oxygens (including phenoxy) is 1. The lowest BCUT2D eigenvalue weighted by molar-refractivity contribution is 0.0682. The van der Waals surface area contributed by atoms with Crippen molar-refractivity contribution in [3.05, 3.63) is 66.0 Å². The molecule has 30 heavy (non-hydrogen) atoms. The van der Waals surface area contributed by atoms with E-state index in [2.05, 4.69) is 15.0 Å². The molecule has 0 aliphatic carbocycles. The van der Waals surface area contributed by atoms with E-state index in [-0.39, 0.29) is 23.9 Å². The highest BCUT2D eigenvalue weighted by Gasteiger charge is 2.42. The summed E-state index contributed by atoms with van der Waals surface area (Å²) in [5.74, 6) is 0.200. The number of carbonyl (C=O) groups excluding carboxylic acids is 1. The van der Waals surface area contributed by atoms with Crippen molar-refractivity contribution in [2.24, 2.45) is 7.05 Å². The summed E-state index contributed by atoms with van der Waals surface area (Å²) < 4.78 is 22.1. The highest BCUT2D eigenvalue weighted by atomic mass is 19.1. The van der Waals surface area contributed by atoms with Crippen molar-refractivity contribution in [2.75, 3.05) is 20.1 Å². The van der Waals surface area contributed by atoms with E-state index in [1.54, 1.807) is 28.0 Å². The van der Waals surface area contributed by atoms with Crippen molar-refractivity contribution in [3.8, 4) is 16.9 Å². The maximum atomic E-state index is 14.0. The normalized spacial score (nSPS) is 21.2. The average molecular weight is 407 g/mol. The van der Waals surface area contributed by atoms with Crippen LogP contribution in [0.15, 0.2) is 49.1 Å². The summed E-state index contributed by atoms with van der Waals surface area (Å²) in [6.07, 6.45) is 6.35. The van der Waals surface area contributed by atoms with E-state index >= 15 is 0 Å². The molecule has 154 valence electrons. The summed E-state index contributed by atoms with van der Waals surface area (Å²) in [4.78, 5) is 20.8. The Hall–Kier alpha value is -3.26. The Balaban J connectivity index is 1.42. The minimum absolute atomic E-state index is 0.0628. The summed E-state index contributed by atoms with van der Waals surface area (Å²) >= 11 is 0. The molecule has 0 saturated carbocycles. The van der Waals surface area contributed by atoms with Crippen molar-refractivity contribution in [1.29, 1.82) is 0 Å². The van der Waals surface area contributed by atoms with Crippen molar-refractivity contribution in [1.82, 2.24) is 24.6 Å². The lowest BCUT2D eigenvalue weighted by Crippen LogP contribution is -2.44. The third kappa shape index (κ3) is 3.23. The summed E-state index contributed by atoms with van der Waals surface area (Å²) in [5, 5.41) is 4.22. The maximum Gasteiger partial charge on any atom is 0.257 e. The average Bonchev–Trinajstić information content (AvgIpc) is 3.32. The summed E-state index contributed by atoms with van der Waals surface area (Å²) in [6, 6.07) is 7.24. The molecule has 3 aromatic rings. The molecule has 1 saturated heterocycles. The van der Waals surface area contributed by atoms with E-state index < -0.39 is 0 Å². The predicted molar refractivity (Wildman–Crippen MR) is 108 cm³/mol. The molecular formula is C22H22FN5O2. The number of halogens is 1. The molecule has 0 radical (unpaired) electrons. The topological polar surface area (TPSA) is 63.5 Å². The molecule has 1 amide bonds. The van der Waals surface area contributed by atoms with Crippen LogP contribution in [-0.2, 0) is 13.6 Å². The van der Waals surface area contributed by atoms with Crippen molar-refractivity contribution >= 4 is 5.91 Å². The zero-order chi connectivity index (χ0) is 20.8. The monoisotopic (exact) mass is 407 g/mol. The van der Waals surface area contributed by atoms with Gasteiger partial charge in [0.25, 0.3) is 5.91 Å². The molecule has 0 bridgehead atoms. The molecule has 2 aromatic heterocycles. The van der Waals surface area contributed by atoms with E-state index in [0.29, 0.717) is 36.5 Å². The van der Waals surface area contributed by atoms with Crippen LogP contribution in [0.3, 0.4) is 0 Å². The number of benzene rings is 1. The zero-order valence-electron chi connectivity index (χ0n) is 16.8. The van der Waals surface area contributed by atoms with Gasteiger partial charge in [0.15, 0.2) is 0 Å². The number of aryl methyl sites for hydroxylation is 1. The largest absolute Gasteiger partial charge is 0.486 e. The number of aromatic nitrogens is 3. The summed E-state index contributed by atoms with van der Waals surface area (Å²) in [6.45, 7) is 1.69. The SMILES string of the molecule is CN1C(=O)c2ccc(-c3cnn(C)c3)cc2O[C@H]2CN(Cc3ccncc3F)C[C@H]21. The number of hydrogen-bond donors (Lipinski definition) is 0. The third-order valence-corrected chi connectivity index (χ3v) is 5.91. The van der Waals surface area contributed by atoms with Crippen LogP contribution >= 0.6 is 0 Å². The molecule has 0 unspecified atom stereocenters. The van der Waals surface area contributed by atoms with Gasteiger partial charge in [-0.25, -0.2) is 4.39 Å². The Bertz CT molecular complexity index is 1110. The molecule has 0 N–H and O–H groups in total. The van der Waals surface area contributed by atoms with Gasteiger partial charge in [0.1, 0.15) is 17.7 Å². The first-order valence-corrected chi connectivity index (χ1v) is 9.87. The summed E-state index contributed by atoms with van der Waals surface area (Å²) in [5.41, 5.74) is 3.07. The first kappa shape index (κ1) is 18.7. The predicted octanol–water partition coefficient (Wildman–Crippen LogP) is 2.34.